The van der Waals surface area contributed by atoms with Gasteiger partial charge >= 0.3 is 0 Å². The second-order valence-corrected chi connectivity index (χ2v) is 9.41. The van der Waals surface area contributed by atoms with Gasteiger partial charge in [-0.05, 0) is 37.4 Å². The summed E-state index contributed by atoms with van der Waals surface area (Å²) in [7, 11) is 4.13. The summed E-state index contributed by atoms with van der Waals surface area (Å²) in [5.74, 6) is 0.126. The third-order valence-corrected chi connectivity index (χ3v) is 7.11. The van der Waals surface area contributed by atoms with Crippen molar-refractivity contribution in [3.63, 3.8) is 0 Å². The number of nitrogens with zero attached hydrogens (tertiary/aromatic N) is 3. The van der Waals surface area contributed by atoms with Gasteiger partial charge in [0.1, 0.15) is 0 Å². The van der Waals surface area contributed by atoms with Crippen molar-refractivity contribution in [2.75, 3.05) is 40.4 Å². The molecule has 1 unspecified atom stereocenters. The van der Waals surface area contributed by atoms with Crippen molar-refractivity contribution < 1.29 is 9.53 Å². The van der Waals surface area contributed by atoms with Gasteiger partial charge in [-0.1, -0.05) is 59.6 Å². The zero-order chi connectivity index (χ0) is 22.0. The summed E-state index contributed by atoms with van der Waals surface area (Å²) < 4.78 is 6.00. The molecule has 166 valence electrons. The van der Waals surface area contributed by atoms with Crippen molar-refractivity contribution in [2.24, 2.45) is 0 Å². The van der Waals surface area contributed by atoms with Crippen LogP contribution >= 0.6 is 23.2 Å². The van der Waals surface area contributed by atoms with Crippen molar-refractivity contribution in [3.05, 3.63) is 69.7 Å². The van der Waals surface area contributed by atoms with Gasteiger partial charge in [0.2, 0.25) is 5.91 Å². The third-order valence-electron chi connectivity index (χ3n) is 6.37. The lowest BCUT2D eigenvalue weighted by Gasteiger charge is -2.54. The Labute approximate surface area is 194 Å². The van der Waals surface area contributed by atoms with Gasteiger partial charge in [0.15, 0.2) is 0 Å². The molecule has 0 bridgehead atoms. The zero-order valence-electron chi connectivity index (χ0n) is 18.0. The van der Waals surface area contributed by atoms with E-state index in [1.54, 1.807) is 12.1 Å². The van der Waals surface area contributed by atoms with Crippen molar-refractivity contribution >= 4 is 29.1 Å². The minimum atomic E-state index is 0.0801. The fraction of sp³-hybridized carbons (Fsp3) is 0.458. The number of carbonyl (C=O) groups is 1. The number of piperazine rings is 1. The summed E-state index contributed by atoms with van der Waals surface area (Å²) in [4.78, 5) is 20.1. The van der Waals surface area contributed by atoms with E-state index >= 15 is 0 Å². The highest BCUT2D eigenvalue weighted by Gasteiger charge is 2.46. The summed E-state index contributed by atoms with van der Waals surface area (Å²) in [6, 6.07) is 16.3. The van der Waals surface area contributed by atoms with Gasteiger partial charge in [0.05, 0.1) is 47.8 Å². The predicted octanol–water partition coefficient (Wildman–Crippen LogP) is 3.58. The first-order valence-electron chi connectivity index (χ1n) is 10.7. The Morgan fingerprint density at radius 2 is 1.81 bits per heavy atom. The van der Waals surface area contributed by atoms with Crippen molar-refractivity contribution in [1.82, 2.24) is 14.7 Å². The van der Waals surface area contributed by atoms with E-state index in [1.807, 2.05) is 12.1 Å². The molecule has 2 fully saturated rings. The van der Waals surface area contributed by atoms with Gasteiger partial charge in [-0.3, -0.25) is 9.69 Å². The summed E-state index contributed by atoms with van der Waals surface area (Å²) in [5.41, 5.74) is 2.17. The summed E-state index contributed by atoms with van der Waals surface area (Å²) >= 11 is 12.2. The standard InChI is InChI=1S/C24H29Cl2N3O2/c1-27(2)21-15-31-16-22-24(21)29(11-10-28(22)14-17-6-4-3-5-7-17)23(30)13-18-8-9-19(25)20(26)12-18/h3-9,12,21-22,24H,10-11,13-16H2,1-2H3/t21?,22-,24-/m1/s1. The molecule has 4 rings (SSSR count). The minimum absolute atomic E-state index is 0.0801. The van der Waals surface area contributed by atoms with E-state index < -0.39 is 0 Å². The number of ether oxygens (including phenoxy) is 1. The molecule has 1 amide bonds. The van der Waals surface area contributed by atoms with Gasteiger partial charge in [0, 0.05) is 19.6 Å². The molecule has 2 aromatic carbocycles. The van der Waals surface area contributed by atoms with E-state index in [2.05, 4.69) is 53.1 Å². The maximum atomic E-state index is 13.4. The molecule has 2 heterocycles. The molecule has 0 spiro atoms. The van der Waals surface area contributed by atoms with E-state index in [4.69, 9.17) is 27.9 Å². The lowest BCUT2D eigenvalue weighted by molar-refractivity contribution is -0.152. The van der Waals surface area contributed by atoms with Crippen LogP contribution in [-0.4, -0.2) is 79.1 Å². The molecule has 31 heavy (non-hydrogen) atoms. The molecule has 0 aliphatic carbocycles. The third kappa shape index (κ3) is 5.07. The van der Waals surface area contributed by atoms with Crippen molar-refractivity contribution in [2.45, 2.75) is 31.1 Å². The van der Waals surface area contributed by atoms with Gasteiger partial charge in [-0.2, -0.15) is 0 Å². The Hall–Kier alpha value is -1.63. The Morgan fingerprint density at radius 3 is 2.52 bits per heavy atom. The largest absolute Gasteiger partial charge is 0.378 e. The van der Waals surface area contributed by atoms with Crippen molar-refractivity contribution in [1.29, 1.82) is 0 Å². The number of likely N-dealkylation sites (N-methyl/N-ethyl adjacent to an activating group) is 1. The molecule has 0 aromatic heterocycles. The van der Waals surface area contributed by atoms with Crippen LogP contribution < -0.4 is 0 Å². The van der Waals surface area contributed by atoms with Crippen LogP contribution in [0.2, 0.25) is 10.0 Å². The van der Waals surface area contributed by atoms with Gasteiger partial charge in [0.25, 0.3) is 0 Å². The number of hydrogen-bond donors (Lipinski definition) is 0. The average molecular weight is 462 g/mol. The topological polar surface area (TPSA) is 36.0 Å². The Kier molecular flexibility index (Phi) is 7.19. The molecule has 2 saturated heterocycles. The molecular weight excluding hydrogens is 433 g/mol. The number of carbonyl (C=O) groups excluding carboxylic acids is 1. The van der Waals surface area contributed by atoms with Crippen LogP contribution in [0.15, 0.2) is 48.5 Å². The maximum Gasteiger partial charge on any atom is 0.227 e. The highest BCUT2D eigenvalue weighted by molar-refractivity contribution is 6.42. The van der Waals surface area contributed by atoms with Crippen LogP contribution in [0.3, 0.4) is 0 Å². The van der Waals surface area contributed by atoms with Crippen LogP contribution in [0.1, 0.15) is 11.1 Å². The summed E-state index contributed by atoms with van der Waals surface area (Å²) in [6.07, 6.45) is 0.319. The molecule has 0 N–H and O–H groups in total. The predicted molar refractivity (Wildman–Crippen MR) is 125 cm³/mol. The van der Waals surface area contributed by atoms with Gasteiger partial charge < -0.3 is 14.5 Å². The Bertz CT molecular complexity index is 909. The monoisotopic (exact) mass is 461 g/mol. The SMILES string of the molecule is CN(C)C1COC[C@@H]2[C@@H]1N(C(=O)Cc1ccc(Cl)c(Cl)c1)CCN2Cc1ccccc1. The van der Waals surface area contributed by atoms with Crippen LogP contribution in [0.5, 0.6) is 0 Å². The molecule has 2 aromatic rings. The maximum absolute atomic E-state index is 13.4. The number of benzene rings is 2. The Morgan fingerprint density at radius 1 is 1.03 bits per heavy atom. The number of hydrogen-bond acceptors (Lipinski definition) is 4. The number of rotatable bonds is 5. The number of amides is 1. The molecule has 5 nitrogen and oxygen atoms in total. The van der Waals surface area contributed by atoms with E-state index in [0.29, 0.717) is 36.2 Å². The van der Waals surface area contributed by atoms with Gasteiger partial charge in [-0.25, -0.2) is 0 Å². The summed E-state index contributed by atoms with van der Waals surface area (Å²) in [5, 5.41) is 0.985. The van der Waals surface area contributed by atoms with Crippen LogP contribution in [0.25, 0.3) is 0 Å². The first kappa shape index (κ1) is 22.6. The highest BCUT2D eigenvalue weighted by atomic mass is 35.5. The lowest BCUT2D eigenvalue weighted by atomic mass is 9.91. The zero-order valence-corrected chi connectivity index (χ0v) is 19.5. The minimum Gasteiger partial charge on any atom is -0.378 e. The molecule has 7 heteroatoms. The van der Waals surface area contributed by atoms with E-state index in [1.165, 1.54) is 5.56 Å². The normalized spacial score (nSPS) is 24.3. The molecule has 2 aliphatic rings. The highest BCUT2D eigenvalue weighted by Crippen LogP contribution is 2.29. The first-order valence-corrected chi connectivity index (χ1v) is 11.4. The van der Waals surface area contributed by atoms with Crippen LogP contribution in [-0.2, 0) is 22.5 Å². The Balaban J connectivity index is 1.56. The van der Waals surface area contributed by atoms with E-state index in [0.717, 1.165) is 18.7 Å². The van der Waals surface area contributed by atoms with Crippen molar-refractivity contribution in [3.8, 4) is 0 Å². The fourth-order valence-corrected chi connectivity index (χ4v) is 5.06. The molecule has 0 radical (unpaired) electrons. The number of halogens is 2. The molecule has 0 saturated carbocycles. The second kappa shape index (κ2) is 9.88. The van der Waals surface area contributed by atoms with Crippen LogP contribution in [0.4, 0.5) is 0 Å². The second-order valence-electron chi connectivity index (χ2n) is 8.59. The van der Waals surface area contributed by atoms with E-state index in [-0.39, 0.29) is 24.0 Å². The van der Waals surface area contributed by atoms with Gasteiger partial charge in [-0.15, -0.1) is 0 Å². The van der Waals surface area contributed by atoms with E-state index in [9.17, 15) is 4.79 Å². The molecule has 2 aliphatic heterocycles. The lowest BCUT2D eigenvalue weighted by Crippen LogP contribution is -2.70. The fourth-order valence-electron chi connectivity index (χ4n) is 4.74. The summed E-state index contributed by atoms with van der Waals surface area (Å²) in [6.45, 7) is 3.66. The average Bonchev–Trinajstić information content (AvgIpc) is 2.76. The number of fused-ring (bicyclic) bond motifs is 1. The first-order chi connectivity index (χ1) is 14.9. The molecular formula is C24H29Cl2N3O2. The van der Waals surface area contributed by atoms with Crippen LogP contribution in [0, 0.1) is 0 Å². The smallest absolute Gasteiger partial charge is 0.227 e. The quantitative estimate of drug-likeness (QED) is 0.681. The molecule has 3 atom stereocenters.